The van der Waals surface area contributed by atoms with Crippen LogP contribution in [0.1, 0.15) is 18.9 Å². The third-order valence-corrected chi connectivity index (χ3v) is 4.74. The largest absolute Gasteiger partial charge is 0.328 e. The van der Waals surface area contributed by atoms with Crippen molar-refractivity contribution < 1.29 is 12.8 Å². The molecule has 102 valence electrons. The van der Waals surface area contributed by atoms with Crippen LogP contribution in [0, 0.1) is 12.7 Å². The maximum Gasteiger partial charge on any atom is 0.243 e. The molecule has 0 amide bonds. The zero-order valence-corrected chi connectivity index (χ0v) is 11.7. The summed E-state index contributed by atoms with van der Waals surface area (Å²) in [6, 6.07) is 3.60. The van der Waals surface area contributed by atoms with Gasteiger partial charge in [0.1, 0.15) is 5.82 Å². The molecule has 4 nitrogen and oxygen atoms in total. The first-order valence-electron chi connectivity index (χ1n) is 5.73. The van der Waals surface area contributed by atoms with E-state index in [2.05, 4.69) is 0 Å². The molecule has 0 saturated carbocycles. The molecular weight excluding hydrogens is 255 g/mol. The zero-order valence-electron chi connectivity index (χ0n) is 10.9. The molecule has 0 radical (unpaired) electrons. The number of hydrogen-bond donors (Lipinski definition) is 1. The lowest BCUT2D eigenvalue weighted by Gasteiger charge is -2.19. The van der Waals surface area contributed by atoms with Crippen LogP contribution in [0.5, 0.6) is 0 Å². The molecule has 0 bridgehead atoms. The molecule has 1 rings (SSSR count). The van der Waals surface area contributed by atoms with E-state index in [-0.39, 0.29) is 10.9 Å². The number of nitrogens with zero attached hydrogens (tertiary/aromatic N) is 1. The minimum atomic E-state index is -3.57. The Morgan fingerprint density at radius 2 is 2.06 bits per heavy atom. The maximum absolute atomic E-state index is 13.0. The van der Waals surface area contributed by atoms with Crippen molar-refractivity contribution in [3.8, 4) is 0 Å². The first-order chi connectivity index (χ1) is 8.25. The number of hydrogen-bond acceptors (Lipinski definition) is 3. The predicted octanol–water partition coefficient (Wildman–Crippen LogP) is 1.49. The summed E-state index contributed by atoms with van der Waals surface area (Å²) in [4.78, 5) is 0.135. The van der Waals surface area contributed by atoms with Gasteiger partial charge >= 0.3 is 0 Å². The molecular formula is C12H19FN2O2S. The molecule has 0 heterocycles. The van der Waals surface area contributed by atoms with Crippen LogP contribution < -0.4 is 5.73 Å². The Bertz CT molecular complexity index is 515. The van der Waals surface area contributed by atoms with E-state index < -0.39 is 15.8 Å². The fraction of sp³-hybridized carbons (Fsp3) is 0.500. The van der Waals surface area contributed by atoms with Crippen LogP contribution in [0.2, 0.25) is 0 Å². The zero-order chi connectivity index (χ0) is 13.9. The van der Waals surface area contributed by atoms with Crippen molar-refractivity contribution >= 4 is 10.0 Å². The van der Waals surface area contributed by atoms with Gasteiger partial charge in [0, 0.05) is 19.6 Å². The monoisotopic (exact) mass is 274 g/mol. The number of benzene rings is 1. The average Bonchev–Trinajstić information content (AvgIpc) is 2.24. The number of sulfonamides is 1. The van der Waals surface area contributed by atoms with Crippen molar-refractivity contribution in [1.82, 2.24) is 4.31 Å². The van der Waals surface area contributed by atoms with Gasteiger partial charge in [0.25, 0.3) is 0 Å². The second kappa shape index (κ2) is 5.77. The summed E-state index contributed by atoms with van der Waals surface area (Å²) in [5.41, 5.74) is 6.01. The molecule has 1 unspecified atom stereocenters. The van der Waals surface area contributed by atoms with Gasteiger partial charge in [-0.15, -0.1) is 0 Å². The Morgan fingerprint density at radius 1 is 1.44 bits per heavy atom. The van der Waals surface area contributed by atoms with E-state index >= 15 is 0 Å². The van der Waals surface area contributed by atoms with Gasteiger partial charge in [-0.1, -0.05) is 0 Å². The Kier molecular flexibility index (Phi) is 4.84. The Morgan fingerprint density at radius 3 is 2.56 bits per heavy atom. The lowest BCUT2D eigenvalue weighted by atomic mass is 10.2. The van der Waals surface area contributed by atoms with E-state index in [9.17, 15) is 12.8 Å². The third-order valence-electron chi connectivity index (χ3n) is 2.72. The number of nitrogens with two attached hydrogens (primary N) is 1. The minimum absolute atomic E-state index is 0.0584. The summed E-state index contributed by atoms with van der Waals surface area (Å²) >= 11 is 0. The van der Waals surface area contributed by atoms with Gasteiger partial charge in [0.2, 0.25) is 10.0 Å². The van der Waals surface area contributed by atoms with Crippen LogP contribution in [-0.2, 0) is 10.0 Å². The van der Waals surface area contributed by atoms with Crippen molar-refractivity contribution in [2.45, 2.75) is 31.2 Å². The quantitative estimate of drug-likeness (QED) is 0.885. The molecule has 0 aromatic heterocycles. The summed E-state index contributed by atoms with van der Waals surface area (Å²) in [6.07, 6.45) is 0.579. The van der Waals surface area contributed by atoms with Crippen molar-refractivity contribution in [3.63, 3.8) is 0 Å². The molecule has 0 fully saturated rings. The van der Waals surface area contributed by atoms with Crippen LogP contribution in [0.25, 0.3) is 0 Å². The topological polar surface area (TPSA) is 63.4 Å². The summed E-state index contributed by atoms with van der Waals surface area (Å²) in [7, 11) is -2.07. The van der Waals surface area contributed by atoms with Gasteiger partial charge in [-0.05, 0) is 44.0 Å². The third kappa shape index (κ3) is 3.51. The van der Waals surface area contributed by atoms with Gasteiger partial charge < -0.3 is 5.73 Å². The minimum Gasteiger partial charge on any atom is -0.328 e. The Balaban J connectivity index is 2.98. The van der Waals surface area contributed by atoms with Gasteiger partial charge in [0.05, 0.1) is 4.90 Å². The highest BCUT2D eigenvalue weighted by molar-refractivity contribution is 7.89. The fourth-order valence-electron chi connectivity index (χ4n) is 1.58. The van der Waals surface area contributed by atoms with E-state index in [1.807, 2.05) is 6.92 Å². The van der Waals surface area contributed by atoms with Gasteiger partial charge in [-0.25, -0.2) is 17.1 Å². The number of aryl methyl sites for hydroxylation is 1. The number of halogens is 1. The molecule has 2 N–H and O–H groups in total. The van der Waals surface area contributed by atoms with Gasteiger partial charge in [-0.2, -0.15) is 0 Å². The highest BCUT2D eigenvalue weighted by Crippen LogP contribution is 2.19. The second-order valence-electron chi connectivity index (χ2n) is 4.50. The first kappa shape index (κ1) is 15.1. The first-order valence-corrected chi connectivity index (χ1v) is 7.17. The normalized spacial score (nSPS) is 13.9. The average molecular weight is 274 g/mol. The molecule has 0 aliphatic heterocycles. The van der Waals surface area contributed by atoms with Gasteiger partial charge in [0.15, 0.2) is 0 Å². The standard InChI is InChI=1S/C12H19FN2O2S/c1-9-8-11(13)4-5-12(9)18(16,17)15(3)7-6-10(2)14/h4-5,8,10H,6-7,14H2,1-3H3. The molecule has 0 saturated heterocycles. The maximum atomic E-state index is 13.0. The van der Waals surface area contributed by atoms with Crippen LogP contribution >= 0.6 is 0 Å². The van der Waals surface area contributed by atoms with Crippen molar-refractivity contribution in [2.75, 3.05) is 13.6 Å². The molecule has 0 aliphatic carbocycles. The highest BCUT2D eigenvalue weighted by atomic mass is 32.2. The summed E-state index contributed by atoms with van der Waals surface area (Å²) in [6.45, 7) is 3.75. The summed E-state index contributed by atoms with van der Waals surface area (Å²) < 4.78 is 38.7. The lowest BCUT2D eigenvalue weighted by Crippen LogP contribution is -2.31. The molecule has 0 aliphatic rings. The van der Waals surface area contributed by atoms with Crippen molar-refractivity contribution in [3.05, 3.63) is 29.6 Å². The fourth-order valence-corrected chi connectivity index (χ4v) is 2.96. The summed E-state index contributed by atoms with van der Waals surface area (Å²) in [5.74, 6) is -0.440. The molecule has 1 aromatic rings. The van der Waals surface area contributed by atoms with Crippen molar-refractivity contribution in [2.24, 2.45) is 5.73 Å². The second-order valence-corrected chi connectivity index (χ2v) is 6.52. The van der Waals surface area contributed by atoms with Crippen molar-refractivity contribution in [1.29, 1.82) is 0 Å². The lowest BCUT2D eigenvalue weighted by molar-refractivity contribution is 0.446. The van der Waals surface area contributed by atoms with E-state index in [1.54, 1.807) is 6.92 Å². The number of rotatable bonds is 5. The Labute approximate surface area is 108 Å². The summed E-state index contributed by atoms with van der Waals surface area (Å²) in [5, 5.41) is 0. The molecule has 1 atom stereocenters. The van der Waals surface area contributed by atoms with Crippen LogP contribution in [0.3, 0.4) is 0 Å². The predicted molar refractivity (Wildman–Crippen MR) is 69.2 cm³/mol. The highest BCUT2D eigenvalue weighted by Gasteiger charge is 2.22. The van der Waals surface area contributed by atoms with E-state index in [1.165, 1.54) is 23.5 Å². The molecule has 0 spiro atoms. The Hall–Kier alpha value is -0.980. The van der Waals surface area contributed by atoms with Gasteiger partial charge in [-0.3, -0.25) is 0 Å². The van der Waals surface area contributed by atoms with E-state index in [4.69, 9.17) is 5.73 Å². The molecule has 6 heteroatoms. The van der Waals surface area contributed by atoms with Crippen LogP contribution in [-0.4, -0.2) is 32.4 Å². The SMILES string of the molecule is Cc1cc(F)ccc1S(=O)(=O)N(C)CCC(C)N. The smallest absolute Gasteiger partial charge is 0.243 e. The molecule has 18 heavy (non-hydrogen) atoms. The van der Waals surface area contributed by atoms with E-state index in [0.717, 1.165) is 6.07 Å². The molecule has 1 aromatic carbocycles. The van der Waals surface area contributed by atoms with E-state index in [0.29, 0.717) is 18.5 Å². The van der Waals surface area contributed by atoms with Crippen LogP contribution in [0.15, 0.2) is 23.1 Å². The van der Waals surface area contributed by atoms with Crippen LogP contribution in [0.4, 0.5) is 4.39 Å².